The highest BCUT2D eigenvalue weighted by atomic mass is 14.7. The second kappa shape index (κ2) is 7.44. The van der Waals surface area contributed by atoms with Crippen molar-refractivity contribution in [3.05, 3.63) is 0 Å². The van der Waals surface area contributed by atoms with Gasteiger partial charge in [0.15, 0.2) is 0 Å². The van der Waals surface area contributed by atoms with Crippen LogP contribution in [0.1, 0.15) is 94.4 Å². The molecule has 0 N–H and O–H groups in total. The molecule has 0 spiro atoms. The lowest BCUT2D eigenvalue weighted by molar-refractivity contribution is 0.0525. The molecular formula is C26H48. The molecule has 0 saturated heterocycles. The van der Waals surface area contributed by atoms with Crippen molar-refractivity contribution in [3.63, 3.8) is 0 Å². The molecule has 26 heavy (non-hydrogen) atoms. The van der Waals surface area contributed by atoms with E-state index in [0.717, 1.165) is 65.1 Å². The molecule has 3 aliphatic carbocycles. The summed E-state index contributed by atoms with van der Waals surface area (Å²) in [5.74, 6) is 10.7. The molecule has 0 radical (unpaired) electrons. The highest BCUT2D eigenvalue weighted by molar-refractivity contribution is 5.09. The van der Waals surface area contributed by atoms with Crippen LogP contribution in [0.4, 0.5) is 0 Å². The van der Waals surface area contributed by atoms with Gasteiger partial charge in [0.2, 0.25) is 0 Å². The molecule has 0 nitrogen and oxygen atoms in total. The lowest BCUT2D eigenvalue weighted by Crippen LogP contribution is -2.37. The molecule has 0 aliphatic heterocycles. The van der Waals surface area contributed by atoms with Gasteiger partial charge in [-0.3, -0.25) is 0 Å². The van der Waals surface area contributed by atoms with E-state index in [1.165, 1.54) is 19.3 Å². The van der Waals surface area contributed by atoms with Crippen molar-refractivity contribution in [1.82, 2.24) is 0 Å². The van der Waals surface area contributed by atoms with Crippen molar-refractivity contribution >= 4 is 0 Å². The first kappa shape index (κ1) is 20.7. The van der Waals surface area contributed by atoms with Crippen molar-refractivity contribution in [2.45, 2.75) is 94.4 Å². The van der Waals surface area contributed by atoms with Gasteiger partial charge in [-0.25, -0.2) is 0 Å². The fraction of sp³-hybridized carbons (Fsp3) is 1.00. The van der Waals surface area contributed by atoms with Gasteiger partial charge in [0, 0.05) is 0 Å². The maximum absolute atomic E-state index is 2.64. The molecule has 10 unspecified atom stereocenters. The third kappa shape index (κ3) is 3.77. The summed E-state index contributed by atoms with van der Waals surface area (Å²) in [5.41, 5.74) is 0.499. The number of hydrogen-bond acceptors (Lipinski definition) is 0. The topological polar surface area (TPSA) is 0 Å². The van der Waals surface area contributed by atoms with E-state index < -0.39 is 0 Å². The minimum absolute atomic E-state index is 0.499. The molecule has 3 saturated carbocycles. The molecule has 152 valence electrons. The van der Waals surface area contributed by atoms with Crippen LogP contribution >= 0.6 is 0 Å². The first-order valence-electron chi connectivity index (χ1n) is 12.1. The fourth-order valence-corrected chi connectivity index (χ4v) is 7.07. The summed E-state index contributed by atoms with van der Waals surface area (Å²) < 4.78 is 0. The van der Waals surface area contributed by atoms with Crippen LogP contribution in [0.5, 0.6) is 0 Å². The van der Waals surface area contributed by atoms with E-state index in [4.69, 9.17) is 0 Å². The SMILES string of the molecule is CCC(C)C(C)CC1C2CC2C(CC(C)C)C2CC2C(C)C(C)(C)C1C. The average Bonchev–Trinajstić information content (AvgIpc) is 3.48. The van der Waals surface area contributed by atoms with Gasteiger partial charge in [-0.1, -0.05) is 68.7 Å². The summed E-state index contributed by atoms with van der Waals surface area (Å²) in [4.78, 5) is 0. The number of rotatable bonds is 6. The van der Waals surface area contributed by atoms with Crippen molar-refractivity contribution in [1.29, 1.82) is 0 Å². The van der Waals surface area contributed by atoms with Crippen LogP contribution in [0, 0.1) is 70.5 Å². The molecule has 3 fully saturated rings. The highest BCUT2D eigenvalue weighted by Gasteiger charge is 2.61. The lowest BCUT2D eigenvalue weighted by atomic mass is 9.62. The third-order valence-electron chi connectivity index (χ3n) is 10.1. The van der Waals surface area contributed by atoms with E-state index in [0.29, 0.717) is 5.41 Å². The Kier molecular flexibility index (Phi) is 5.93. The molecule has 0 heteroatoms. The van der Waals surface area contributed by atoms with Crippen molar-refractivity contribution in [2.24, 2.45) is 70.5 Å². The molecule has 0 bridgehead atoms. The smallest absolute Gasteiger partial charge is 0.0297 e. The number of hydrogen-bond donors (Lipinski definition) is 0. The van der Waals surface area contributed by atoms with Gasteiger partial charge in [-0.05, 0) is 96.2 Å². The molecule has 3 rings (SSSR count). The van der Waals surface area contributed by atoms with E-state index in [2.05, 4.69) is 62.3 Å². The Morgan fingerprint density at radius 1 is 0.731 bits per heavy atom. The van der Waals surface area contributed by atoms with Crippen molar-refractivity contribution in [3.8, 4) is 0 Å². The zero-order valence-electron chi connectivity index (χ0n) is 19.4. The molecule has 0 aromatic rings. The maximum Gasteiger partial charge on any atom is -0.0297 e. The third-order valence-corrected chi connectivity index (χ3v) is 10.1. The molecule has 0 amide bonds. The van der Waals surface area contributed by atoms with Gasteiger partial charge in [-0.2, -0.15) is 0 Å². The highest BCUT2D eigenvalue weighted by Crippen LogP contribution is 2.67. The first-order valence-corrected chi connectivity index (χ1v) is 12.1. The maximum atomic E-state index is 2.64. The van der Waals surface area contributed by atoms with Crippen LogP contribution in [-0.4, -0.2) is 0 Å². The molecular weight excluding hydrogens is 312 g/mol. The van der Waals surface area contributed by atoms with E-state index >= 15 is 0 Å². The fourth-order valence-electron chi connectivity index (χ4n) is 7.07. The summed E-state index contributed by atoms with van der Waals surface area (Å²) in [6.45, 7) is 22.8. The van der Waals surface area contributed by atoms with Crippen molar-refractivity contribution < 1.29 is 0 Å². The van der Waals surface area contributed by atoms with Gasteiger partial charge >= 0.3 is 0 Å². The monoisotopic (exact) mass is 360 g/mol. The first-order chi connectivity index (χ1) is 12.1. The van der Waals surface area contributed by atoms with Gasteiger partial charge in [0.05, 0.1) is 0 Å². The predicted molar refractivity (Wildman–Crippen MR) is 115 cm³/mol. The van der Waals surface area contributed by atoms with Gasteiger partial charge in [-0.15, -0.1) is 0 Å². The Bertz CT molecular complexity index is 474. The van der Waals surface area contributed by atoms with Gasteiger partial charge in [0.25, 0.3) is 0 Å². The lowest BCUT2D eigenvalue weighted by Gasteiger charge is -2.43. The molecule has 0 aromatic heterocycles. The summed E-state index contributed by atoms with van der Waals surface area (Å²) in [6.07, 6.45) is 7.43. The summed E-state index contributed by atoms with van der Waals surface area (Å²) in [5, 5.41) is 0. The van der Waals surface area contributed by atoms with E-state index in [1.807, 2.05) is 0 Å². The second-order valence-electron chi connectivity index (χ2n) is 12.1. The molecule has 0 heterocycles. The van der Waals surface area contributed by atoms with Crippen LogP contribution in [0.15, 0.2) is 0 Å². The summed E-state index contributed by atoms with van der Waals surface area (Å²) in [7, 11) is 0. The average molecular weight is 361 g/mol. The van der Waals surface area contributed by atoms with Gasteiger partial charge in [0.1, 0.15) is 0 Å². The van der Waals surface area contributed by atoms with Crippen LogP contribution in [0.3, 0.4) is 0 Å². The van der Waals surface area contributed by atoms with Crippen LogP contribution in [0.2, 0.25) is 0 Å². The predicted octanol–water partition coefficient (Wildman–Crippen LogP) is 7.92. The van der Waals surface area contributed by atoms with E-state index in [-0.39, 0.29) is 0 Å². The summed E-state index contributed by atoms with van der Waals surface area (Å²) in [6, 6.07) is 0. The Labute approximate surface area is 165 Å². The van der Waals surface area contributed by atoms with E-state index in [9.17, 15) is 0 Å². The van der Waals surface area contributed by atoms with Crippen LogP contribution in [-0.2, 0) is 0 Å². The molecule has 10 atom stereocenters. The summed E-state index contributed by atoms with van der Waals surface area (Å²) >= 11 is 0. The second-order valence-corrected chi connectivity index (χ2v) is 12.1. The Balaban J connectivity index is 1.85. The quantitative estimate of drug-likeness (QED) is 0.451. The Morgan fingerprint density at radius 3 is 1.85 bits per heavy atom. The molecule has 0 aromatic carbocycles. The van der Waals surface area contributed by atoms with E-state index in [1.54, 1.807) is 12.8 Å². The van der Waals surface area contributed by atoms with Crippen LogP contribution < -0.4 is 0 Å². The zero-order valence-corrected chi connectivity index (χ0v) is 19.4. The largest absolute Gasteiger partial charge is 0.0651 e. The Hall–Kier alpha value is 0. The minimum Gasteiger partial charge on any atom is -0.0651 e. The minimum atomic E-state index is 0.499. The Morgan fingerprint density at radius 2 is 1.27 bits per heavy atom. The molecule has 3 aliphatic rings. The van der Waals surface area contributed by atoms with Gasteiger partial charge < -0.3 is 0 Å². The van der Waals surface area contributed by atoms with Crippen LogP contribution in [0.25, 0.3) is 0 Å². The van der Waals surface area contributed by atoms with Crippen molar-refractivity contribution in [2.75, 3.05) is 0 Å². The zero-order chi connectivity index (χ0) is 19.4. The standard InChI is InChI=1S/C26H48/c1-10-16(4)17(5)12-20-18(6)26(8,9)19(7)21-13-23(21)22(11-15(2)3)25-14-24(20)25/h15-25H,10-14H2,1-9H3. The number of fused-ring (bicyclic) bond motifs is 2. The normalized spacial score (nSPS) is 46.4.